The van der Waals surface area contributed by atoms with Crippen LogP contribution in [0.3, 0.4) is 0 Å². The molecule has 138 valence electrons. The summed E-state index contributed by atoms with van der Waals surface area (Å²) >= 11 is 0. The van der Waals surface area contributed by atoms with Gasteiger partial charge in [0.25, 0.3) is 5.91 Å². The van der Waals surface area contributed by atoms with Crippen molar-refractivity contribution < 1.29 is 23.0 Å². The molecule has 6 heteroatoms. The fraction of sp³-hybridized carbons (Fsp3) is 0.0952. The molecule has 3 aromatic carbocycles. The molecule has 4 nitrogen and oxygen atoms in total. The number of benzene rings is 3. The molecule has 0 heterocycles. The standard InChI is InChI=1S/C21H17F2NO3/c22-21(23)27-19-9-5-4-8-18(19)24-20(25)14-26-17-12-10-16(11-13-17)15-6-2-1-3-7-15/h1-13,21H,14H2,(H,24,25). The first kappa shape index (κ1) is 18.4. The third-order valence-electron chi connectivity index (χ3n) is 3.71. The first-order valence-electron chi connectivity index (χ1n) is 8.24. The summed E-state index contributed by atoms with van der Waals surface area (Å²) in [4.78, 5) is 12.0. The van der Waals surface area contributed by atoms with E-state index in [9.17, 15) is 13.6 Å². The predicted molar refractivity (Wildman–Crippen MR) is 99.1 cm³/mol. The highest BCUT2D eigenvalue weighted by Gasteiger charge is 2.12. The van der Waals surface area contributed by atoms with E-state index in [1.54, 1.807) is 18.2 Å². The van der Waals surface area contributed by atoms with E-state index in [2.05, 4.69) is 10.1 Å². The molecule has 0 bridgehead atoms. The molecule has 0 aliphatic heterocycles. The van der Waals surface area contributed by atoms with E-state index in [1.807, 2.05) is 42.5 Å². The summed E-state index contributed by atoms with van der Waals surface area (Å²) in [6.07, 6.45) is 0. The van der Waals surface area contributed by atoms with E-state index in [4.69, 9.17) is 4.74 Å². The first-order valence-corrected chi connectivity index (χ1v) is 8.24. The van der Waals surface area contributed by atoms with E-state index in [0.717, 1.165) is 11.1 Å². The number of halogens is 2. The largest absolute Gasteiger partial charge is 0.484 e. The second-order valence-corrected chi connectivity index (χ2v) is 5.60. The van der Waals surface area contributed by atoms with Gasteiger partial charge in [-0.05, 0) is 35.4 Å². The number of carbonyl (C=O) groups excluding carboxylic acids is 1. The van der Waals surface area contributed by atoms with Crippen molar-refractivity contribution in [3.63, 3.8) is 0 Å². The Balaban J connectivity index is 1.57. The topological polar surface area (TPSA) is 47.6 Å². The summed E-state index contributed by atoms with van der Waals surface area (Å²) in [5.41, 5.74) is 2.27. The average Bonchev–Trinajstić information content (AvgIpc) is 2.69. The highest BCUT2D eigenvalue weighted by molar-refractivity contribution is 5.93. The predicted octanol–water partition coefficient (Wildman–Crippen LogP) is 4.97. The van der Waals surface area contributed by atoms with Gasteiger partial charge in [-0.2, -0.15) is 8.78 Å². The van der Waals surface area contributed by atoms with Crippen LogP contribution in [-0.4, -0.2) is 19.1 Å². The van der Waals surface area contributed by atoms with Crippen LogP contribution < -0.4 is 14.8 Å². The number of anilines is 1. The van der Waals surface area contributed by atoms with Crippen molar-refractivity contribution in [2.75, 3.05) is 11.9 Å². The Morgan fingerprint density at radius 3 is 2.19 bits per heavy atom. The molecule has 0 radical (unpaired) electrons. The summed E-state index contributed by atoms with van der Waals surface area (Å²) in [5, 5.41) is 2.50. The van der Waals surface area contributed by atoms with Crippen LogP contribution in [0.1, 0.15) is 0 Å². The molecule has 3 aromatic rings. The number of hydrogen-bond acceptors (Lipinski definition) is 3. The van der Waals surface area contributed by atoms with Crippen LogP contribution in [0.5, 0.6) is 11.5 Å². The highest BCUT2D eigenvalue weighted by Crippen LogP contribution is 2.25. The molecule has 3 rings (SSSR count). The fourth-order valence-corrected chi connectivity index (χ4v) is 2.48. The molecule has 0 aliphatic rings. The molecule has 1 amide bonds. The first-order chi connectivity index (χ1) is 13.1. The van der Waals surface area contributed by atoms with E-state index < -0.39 is 12.5 Å². The normalized spacial score (nSPS) is 10.5. The summed E-state index contributed by atoms with van der Waals surface area (Å²) in [6.45, 7) is -3.23. The number of carbonyl (C=O) groups is 1. The average molecular weight is 369 g/mol. The minimum Gasteiger partial charge on any atom is -0.484 e. The summed E-state index contributed by atoms with van der Waals surface area (Å²) in [5.74, 6) is -0.0533. The lowest BCUT2D eigenvalue weighted by atomic mass is 10.1. The Hall–Kier alpha value is -3.41. The molecule has 0 unspecified atom stereocenters. The van der Waals surface area contributed by atoms with Crippen LogP contribution in [0.2, 0.25) is 0 Å². The van der Waals surface area contributed by atoms with Crippen molar-refractivity contribution in [1.29, 1.82) is 0 Å². The zero-order valence-corrected chi connectivity index (χ0v) is 14.3. The van der Waals surface area contributed by atoms with Crippen molar-refractivity contribution in [3.8, 4) is 22.6 Å². The van der Waals surface area contributed by atoms with Crippen LogP contribution in [0, 0.1) is 0 Å². The number of ether oxygens (including phenoxy) is 2. The van der Waals surface area contributed by atoms with E-state index >= 15 is 0 Å². The maximum Gasteiger partial charge on any atom is 0.387 e. The van der Waals surface area contributed by atoms with Gasteiger partial charge in [0.05, 0.1) is 5.69 Å². The van der Waals surface area contributed by atoms with Crippen molar-refractivity contribution in [2.24, 2.45) is 0 Å². The van der Waals surface area contributed by atoms with Crippen LogP contribution in [0.4, 0.5) is 14.5 Å². The number of amides is 1. The Kier molecular flexibility index (Phi) is 5.99. The molecular formula is C21H17F2NO3. The SMILES string of the molecule is O=C(COc1ccc(-c2ccccc2)cc1)Nc1ccccc1OC(F)F. The Morgan fingerprint density at radius 2 is 1.48 bits per heavy atom. The molecular weight excluding hydrogens is 352 g/mol. The number of rotatable bonds is 7. The maximum atomic E-state index is 12.4. The molecule has 0 saturated heterocycles. The maximum absolute atomic E-state index is 12.4. The number of para-hydroxylation sites is 2. The minimum absolute atomic E-state index is 0.104. The second-order valence-electron chi connectivity index (χ2n) is 5.60. The minimum atomic E-state index is -2.97. The van der Waals surface area contributed by atoms with Gasteiger partial charge in [0.15, 0.2) is 6.61 Å². The zero-order chi connectivity index (χ0) is 19.1. The van der Waals surface area contributed by atoms with Crippen LogP contribution in [0.15, 0.2) is 78.9 Å². The summed E-state index contributed by atoms with van der Waals surface area (Å²) < 4.78 is 34.6. The molecule has 0 saturated carbocycles. The number of alkyl halides is 2. The van der Waals surface area contributed by atoms with Crippen molar-refractivity contribution >= 4 is 11.6 Å². The number of nitrogens with one attached hydrogen (secondary N) is 1. The zero-order valence-electron chi connectivity index (χ0n) is 14.3. The van der Waals surface area contributed by atoms with E-state index in [1.165, 1.54) is 18.2 Å². The van der Waals surface area contributed by atoms with Crippen LogP contribution >= 0.6 is 0 Å². The fourth-order valence-electron chi connectivity index (χ4n) is 2.48. The van der Waals surface area contributed by atoms with Crippen molar-refractivity contribution in [1.82, 2.24) is 0 Å². The monoisotopic (exact) mass is 369 g/mol. The van der Waals surface area contributed by atoms with E-state index in [0.29, 0.717) is 5.75 Å². The molecule has 0 spiro atoms. The molecule has 0 aliphatic carbocycles. The quantitative estimate of drug-likeness (QED) is 0.639. The Morgan fingerprint density at radius 1 is 0.852 bits per heavy atom. The van der Waals surface area contributed by atoms with Gasteiger partial charge in [-0.1, -0.05) is 54.6 Å². The van der Waals surface area contributed by atoms with E-state index in [-0.39, 0.29) is 18.0 Å². The summed E-state index contributed by atoms with van der Waals surface area (Å²) in [6, 6.07) is 23.2. The smallest absolute Gasteiger partial charge is 0.387 e. The Bertz CT molecular complexity index is 883. The van der Waals surface area contributed by atoms with Crippen LogP contribution in [0.25, 0.3) is 11.1 Å². The molecule has 0 atom stereocenters. The molecule has 0 fully saturated rings. The van der Waals surface area contributed by atoms with Crippen molar-refractivity contribution in [3.05, 3.63) is 78.9 Å². The number of hydrogen-bond donors (Lipinski definition) is 1. The van der Waals surface area contributed by atoms with Gasteiger partial charge in [0.2, 0.25) is 0 Å². The summed E-state index contributed by atoms with van der Waals surface area (Å²) in [7, 11) is 0. The van der Waals surface area contributed by atoms with Crippen LogP contribution in [-0.2, 0) is 4.79 Å². The lowest BCUT2D eigenvalue weighted by molar-refractivity contribution is -0.118. The molecule has 27 heavy (non-hydrogen) atoms. The van der Waals surface area contributed by atoms with Gasteiger partial charge >= 0.3 is 6.61 Å². The Labute approximate surface area is 155 Å². The lowest BCUT2D eigenvalue weighted by Gasteiger charge is -2.12. The molecule has 0 aromatic heterocycles. The van der Waals surface area contributed by atoms with Gasteiger partial charge in [-0.3, -0.25) is 4.79 Å². The van der Waals surface area contributed by atoms with Gasteiger partial charge in [0, 0.05) is 0 Å². The van der Waals surface area contributed by atoms with Gasteiger partial charge in [0.1, 0.15) is 11.5 Å². The lowest BCUT2D eigenvalue weighted by Crippen LogP contribution is -2.20. The molecule has 1 N–H and O–H groups in total. The second kappa shape index (κ2) is 8.80. The van der Waals surface area contributed by atoms with Gasteiger partial charge in [-0.25, -0.2) is 0 Å². The van der Waals surface area contributed by atoms with Gasteiger partial charge in [-0.15, -0.1) is 0 Å². The van der Waals surface area contributed by atoms with Gasteiger partial charge < -0.3 is 14.8 Å². The highest BCUT2D eigenvalue weighted by atomic mass is 19.3. The van der Waals surface area contributed by atoms with Crippen molar-refractivity contribution in [2.45, 2.75) is 6.61 Å². The third-order valence-corrected chi connectivity index (χ3v) is 3.71. The third kappa shape index (κ3) is 5.28.